The second-order valence-electron chi connectivity index (χ2n) is 7.69. The first-order chi connectivity index (χ1) is 14.8. The lowest BCUT2D eigenvalue weighted by Crippen LogP contribution is -2.16. The third-order valence-electron chi connectivity index (χ3n) is 5.21. The van der Waals surface area contributed by atoms with Gasteiger partial charge in [0.2, 0.25) is 5.82 Å². The standard InChI is InChI=1S/C25H23ClN4O/c1-15-11-12-16(2)21(13-15)30-24(19-9-6-10-20(26)14-19)28-23(29-30)25(31)27-22-17(3)7-5-8-18(22)4/h5-14H,1-4H3,(H,27,31). The van der Waals surface area contributed by atoms with Gasteiger partial charge in [-0.2, -0.15) is 0 Å². The maximum absolute atomic E-state index is 13.1. The van der Waals surface area contributed by atoms with Gasteiger partial charge in [0.05, 0.1) is 5.69 Å². The van der Waals surface area contributed by atoms with Crippen molar-refractivity contribution in [2.45, 2.75) is 27.7 Å². The maximum atomic E-state index is 13.1. The van der Waals surface area contributed by atoms with Gasteiger partial charge in [-0.05, 0) is 68.1 Å². The number of hydrogen-bond acceptors (Lipinski definition) is 3. The SMILES string of the molecule is Cc1ccc(C)c(-n2nc(C(=O)Nc3c(C)cccc3C)nc2-c2cccc(Cl)c2)c1. The van der Waals surface area contributed by atoms with E-state index in [2.05, 4.69) is 15.4 Å². The van der Waals surface area contributed by atoms with E-state index >= 15 is 0 Å². The van der Waals surface area contributed by atoms with Crippen LogP contribution in [0.25, 0.3) is 17.1 Å². The summed E-state index contributed by atoms with van der Waals surface area (Å²) in [5.41, 5.74) is 6.52. The van der Waals surface area contributed by atoms with Gasteiger partial charge in [-0.1, -0.05) is 54.1 Å². The zero-order valence-corrected chi connectivity index (χ0v) is 18.7. The van der Waals surface area contributed by atoms with Crippen molar-refractivity contribution >= 4 is 23.2 Å². The number of anilines is 1. The highest BCUT2D eigenvalue weighted by atomic mass is 35.5. The minimum absolute atomic E-state index is 0.0959. The van der Waals surface area contributed by atoms with Gasteiger partial charge in [0.25, 0.3) is 5.91 Å². The summed E-state index contributed by atoms with van der Waals surface area (Å²) in [5.74, 6) is 0.297. The van der Waals surface area contributed by atoms with Gasteiger partial charge in [-0.15, -0.1) is 5.10 Å². The molecule has 0 spiro atoms. The molecular weight excluding hydrogens is 408 g/mol. The van der Waals surface area contributed by atoms with E-state index in [9.17, 15) is 4.79 Å². The number of hydrogen-bond donors (Lipinski definition) is 1. The molecule has 0 aliphatic carbocycles. The molecular formula is C25H23ClN4O. The third-order valence-corrected chi connectivity index (χ3v) is 5.44. The van der Waals surface area contributed by atoms with Gasteiger partial charge >= 0.3 is 0 Å². The molecule has 4 aromatic rings. The lowest BCUT2D eigenvalue weighted by molar-refractivity contribution is 0.101. The fourth-order valence-corrected chi connectivity index (χ4v) is 3.71. The number of halogens is 1. The molecule has 0 saturated carbocycles. The van der Waals surface area contributed by atoms with Crippen molar-refractivity contribution in [1.29, 1.82) is 0 Å². The van der Waals surface area contributed by atoms with E-state index < -0.39 is 0 Å². The van der Waals surface area contributed by atoms with E-state index in [1.54, 1.807) is 10.7 Å². The highest BCUT2D eigenvalue weighted by Crippen LogP contribution is 2.27. The molecule has 0 unspecified atom stereocenters. The Balaban J connectivity index is 1.83. The second kappa shape index (κ2) is 8.36. The van der Waals surface area contributed by atoms with Gasteiger partial charge < -0.3 is 5.32 Å². The zero-order valence-electron chi connectivity index (χ0n) is 17.9. The lowest BCUT2D eigenvalue weighted by atomic mass is 10.1. The van der Waals surface area contributed by atoms with Crippen LogP contribution in [0.15, 0.2) is 60.7 Å². The van der Waals surface area contributed by atoms with Crippen LogP contribution >= 0.6 is 11.6 Å². The molecule has 1 amide bonds. The topological polar surface area (TPSA) is 59.8 Å². The number of benzene rings is 3. The summed E-state index contributed by atoms with van der Waals surface area (Å²) >= 11 is 6.22. The van der Waals surface area contributed by atoms with E-state index in [0.29, 0.717) is 10.8 Å². The zero-order chi connectivity index (χ0) is 22.1. The summed E-state index contributed by atoms with van der Waals surface area (Å²) in [6.45, 7) is 7.95. The molecule has 1 aromatic heterocycles. The Morgan fingerprint density at radius 3 is 2.32 bits per heavy atom. The van der Waals surface area contributed by atoms with Crippen LogP contribution < -0.4 is 5.32 Å². The second-order valence-corrected chi connectivity index (χ2v) is 8.13. The minimum Gasteiger partial charge on any atom is -0.319 e. The Bertz CT molecular complexity index is 1270. The van der Waals surface area contributed by atoms with Crippen molar-refractivity contribution in [2.24, 2.45) is 0 Å². The van der Waals surface area contributed by atoms with E-state index in [1.807, 2.05) is 82.3 Å². The van der Waals surface area contributed by atoms with Crippen LogP contribution in [0.1, 0.15) is 32.9 Å². The quantitative estimate of drug-likeness (QED) is 0.427. The number of aryl methyl sites for hydroxylation is 4. The Labute approximate surface area is 186 Å². The first-order valence-corrected chi connectivity index (χ1v) is 10.4. The maximum Gasteiger partial charge on any atom is 0.295 e. The molecule has 4 rings (SSSR count). The molecule has 3 aromatic carbocycles. The summed E-state index contributed by atoms with van der Waals surface area (Å²) in [4.78, 5) is 17.7. The van der Waals surface area contributed by atoms with Crippen LogP contribution in [0.3, 0.4) is 0 Å². The van der Waals surface area contributed by atoms with Gasteiger partial charge in [0.1, 0.15) is 0 Å². The molecule has 5 nitrogen and oxygen atoms in total. The van der Waals surface area contributed by atoms with Crippen molar-refractivity contribution < 1.29 is 4.79 Å². The van der Waals surface area contributed by atoms with E-state index in [0.717, 1.165) is 39.2 Å². The van der Waals surface area contributed by atoms with E-state index in [-0.39, 0.29) is 11.7 Å². The highest BCUT2D eigenvalue weighted by molar-refractivity contribution is 6.30. The van der Waals surface area contributed by atoms with Crippen LogP contribution in [0.2, 0.25) is 5.02 Å². The van der Waals surface area contributed by atoms with E-state index in [1.165, 1.54) is 0 Å². The number of carbonyl (C=O) groups excluding carboxylic acids is 1. The molecule has 0 fully saturated rings. The minimum atomic E-state index is -0.357. The lowest BCUT2D eigenvalue weighted by Gasteiger charge is -2.10. The van der Waals surface area contributed by atoms with Crippen LogP contribution in [-0.2, 0) is 0 Å². The molecule has 0 atom stereocenters. The third kappa shape index (κ3) is 4.23. The van der Waals surface area contributed by atoms with Crippen LogP contribution in [0, 0.1) is 27.7 Å². The number of aromatic nitrogens is 3. The van der Waals surface area contributed by atoms with Crippen LogP contribution in [0.5, 0.6) is 0 Å². The predicted molar refractivity (Wildman–Crippen MR) is 125 cm³/mol. The average Bonchev–Trinajstić information content (AvgIpc) is 3.18. The van der Waals surface area contributed by atoms with Gasteiger partial charge in [0.15, 0.2) is 5.82 Å². The van der Waals surface area contributed by atoms with Crippen molar-refractivity contribution in [3.8, 4) is 17.1 Å². The first kappa shape index (κ1) is 20.8. The van der Waals surface area contributed by atoms with Crippen LogP contribution in [-0.4, -0.2) is 20.7 Å². The number of nitrogens with one attached hydrogen (secondary N) is 1. The molecule has 0 aliphatic heterocycles. The number of nitrogens with zero attached hydrogens (tertiary/aromatic N) is 3. The Morgan fingerprint density at radius 2 is 1.61 bits per heavy atom. The Kier molecular flexibility index (Phi) is 5.61. The summed E-state index contributed by atoms with van der Waals surface area (Å²) in [7, 11) is 0. The first-order valence-electron chi connectivity index (χ1n) is 10.0. The molecule has 0 bridgehead atoms. The summed E-state index contributed by atoms with van der Waals surface area (Å²) < 4.78 is 1.72. The number of carbonyl (C=O) groups is 1. The molecule has 0 saturated heterocycles. The van der Waals surface area contributed by atoms with Gasteiger partial charge in [-0.3, -0.25) is 4.79 Å². The molecule has 1 heterocycles. The molecule has 1 N–H and O–H groups in total. The summed E-state index contributed by atoms with van der Waals surface area (Å²) in [6, 6.07) is 19.4. The largest absolute Gasteiger partial charge is 0.319 e. The van der Waals surface area contributed by atoms with Crippen molar-refractivity contribution in [3.63, 3.8) is 0 Å². The molecule has 0 radical (unpaired) electrons. The molecule has 0 aliphatic rings. The molecule has 6 heteroatoms. The van der Waals surface area contributed by atoms with Crippen LogP contribution in [0.4, 0.5) is 5.69 Å². The number of para-hydroxylation sites is 1. The average molecular weight is 431 g/mol. The van der Waals surface area contributed by atoms with Gasteiger partial charge in [-0.25, -0.2) is 9.67 Å². The van der Waals surface area contributed by atoms with Crippen molar-refractivity contribution in [3.05, 3.63) is 93.8 Å². The normalized spacial score (nSPS) is 10.9. The van der Waals surface area contributed by atoms with Gasteiger partial charge in [0, 0.05) is 16.3 Å². The van der Waals surface area contributed by atoms with E-state index in [4.69, 9.17) is 11.6 Å². The summed E-state index contributed by atoms with van der Waals surface area (Å²) in [6.07, 6.45) is 0. The smallest absolute Gasteiger partial charge is 0.295 e. The monoisotopic (exact) mass is 430 g/mol. The van der Waals surface area contributed by atoms with Crippen molar-refractivity contribution in [2.75, 3.05) is 5.32 Å². The fourth-order valence-electron chi connectivity index (χ4n) is 3.52. The number of amides is 1. The fraction of sp³-hybridized carbons (Fsp3) is 0.160. The Morgan fingerprint density at radius 1 is 0.903 bits per heavy atom. The predicted octanol–water partition coefficient (Wildman–Crippen LogP) is 6.07. The highest BCUT2D eigenvalue weighted by Gasteiger charge is 2.21. The summed E-state index contributed by atoms with van der Waals surface area (Å²) in [5, 5.41) is 8.16. The molecule has 31 heavy (non-hydrogen) atoms. The Hall–Kier alpha value is -3.44. The molecule has 156 valence electrons. The number of rotatable bonds is 4. The van der Waals surface area contributed by atoms with Crippen molar-refractivity contribution in [1.82, 2.24) is 14.8 Å².